The number of nitrogens with one attached hydrogen (secondary N) is 1. The van der Waals surface area contributed by atoms with E-state index in [0.29, 0.717) is 19.4 Å². The number of nitrogens with zero attached hydrogens (tertiary/aromatic N) is 2. The molecule has 2 rings (SSSR count). The Kier molecular flexibility index (Phi) is 8.26. The molecular formula is C20H29N3O4. The summed E-state index contributed by atoms with van der Waals surface area (Å²) in [4.78, 5) is 38.9. The predicted molar refractivity (Wildman–Crippen MR) is 104 cm³/mol. The van der Waals surface area contributed by atoms with Crippen LogP contribution in [0.5, 0.6) is 0 Å². The average molecular weight is 375 g/mol. The minimum Gasteiger partial charge on any atom is -0.481 e. The molecule has 0 atom stereocenters. The van der Waals surface area contributed by atoms with E-state index in [9.17, 15) is 14.4 Å². The maximum absolute atomic E-state index is 12.5. The lowest BCUT2D eigenvalue weighted by molar-refractivity contribution is -0.137. The first kappa shape index (κ1) is 20.9. The van der Waals surface area contributed by atoms with Crippen molar-refractivity contribution >= 4 is 23.5 Å². The van der Waals surface area contributed by atoms with Crippen LogP contribution in [0.3, 0.4) is 0 Å². The van der Waals surface area contributed by atoms with Crippen LogP contribution in [0, 0.1) is 0 Å². The number of carboxylic acids is 1. The number of para-hydroxylation sites is 1. The Morgan fingerprint density at radius 3 is 2.41 bits per heavy atom. The Morgan fingerprint density at radius 2 is 1.81 bits per heavy atom. The van der Waals surface area contributed by atoms with Crippen LogP contribution in [-0.2, 0) is 14.4 Å². The Hall–Kier alpha value is -2.41. The summed E-state index contributed by atoms with van der Waals surface area (Å²) in [6.07, 6.45) is 2.53. The van der Waals surface area contributed by atoms with Crippen molar-refractivity contribution < 1.29 is 19.5 Å². The number of aliphatic carboxylic acids is 1. The zero-order valence-corrected chi connectivity index (χ0v) is 15.9. The fraction of sp³-hybridized carbons (Fsp3) is 0.550. The van der Waals surface area contributed by atoms with Gasteiger partial charge in [-0.05, 0) is 25.0 Å². The molecule has 0 bridgehead atoms. The molecule has 0 saturated carbocycles. The van der Waals surface area contributed by atoms with Gasteiger partial charge in [0.25, 0.3) is 0 Å². The van der Waals surface area contributed by atoms with E-state index in [-0.39, 0.29) is 30.8 Å². The molecule has 148 valence electrons. The van der Waals surface area contributed by atoms with E-state index in [2.05, 4.69) is 10.2 Å². The summed E-state index contributed by atoms with van der Waals surface area (Å²) < 4.78 is 0. The first-order valence-corrected chi connectivity index (χ1v) is 9.59. The van der Waals surface area contributed by atoms with Crippen LogP contribution in [0.15, 0.2) is 30.3 Å². The summed E-state index contributed by atoms with van der Waals surface area (Å²) >= 11 is 0. The summed E-state index contributed by atoms with van der Waals surface area (Å²) in [6, 6.07) is 9.97. The number of hydrogen-bond acceptors (Lipinski definition) is 4. The van der Waals surface area contributed by atoms with Crippen LogP contribution in [-0.4, -0.2) is 60.0 Å². The number of anilines is 1. The molecule has 7 heteroatoms. The largest absolute Gasteiger partial charge is 0.481 e. The zero-order chi connectivity index (χ0) is 19.6. The third kappa shape index (κ3) is 6.67. The molecule has 27 heavy (non-hydrogen) atoms. The molecule has 1 aliphatic rings. The normalized spacial score (nSPS) is 15.3. The summed E-state index contributed by atoms with van der Waals surface area (Å²) in [5.74, 6) is -0.898. The number of carbonyl (C=O) groups is 3. The highest BCUT2D eigenvalue weighted by atomic mass is 16.4. The van der Waals surface area contributed by atoms with Crippen LogP contribution < -0.4 is 10.2 Å². The van der Waals surface area contributed by atoms with Crippen LogP contribution in [0.4, 0.5) is 5.69 Å². The topological polar surface area (TPSA) is 90.0 Å². The maximum Gasteiger partial charge on any atom is 0.305 e. The molecule has 0 radical (unpaired) electrons. The van der Waals surface area contributed by atoms with E-state index in [4.69, 9.17) is 5.11 Å². The minimum atomic E-state index is -0.915. The van der Waals surface area contributed by atoms with Crippen molar-refractivity contribution in [2.24, 2.45) is 0 Å². The number of likely N-dealkylation sites (tertiary alicyclic amines) is 1. The first-order valence-electron chi connectivity index (χ1n) is 9.59. The highest BCUT2D eigenvalue weighted by Crippen LogP contribution is 2.24. The van der Waals surface area contributed by atoms with Gasteiger partial charge in [0.1, 0.15) is 0 Å². The Labute approximate surface area is 160 Å². The lowest BCUT2D eigenvalue weighted by atomic mass is 10.0. The van der Waals surface area contributed by atoms with E-state index in [1.165, 1.54) is 0 Å². The Balaban J connectivity index is 1.80. The second kappa shape index (κ2) is 10.7. The monoisotopic (exact) mass is 375 g/mol. The molecule has 1 saturated heterocycles. The van der Waals surface area contributed by atoms with Crippen molar-refractivity contribution in [1.29, 1.82) is 0 Å². The molecule has 1 heterocycles. The molecule has 0 spiro atoms. The predicted octanol–water partition coefficient (Wildman–Crippen LogP) is 1.87. The summed E-state index contributed by atoms with van der Waals surface area (Å²) in [7, 11) is 0. The van der Waals surface area contributed by atoms with Gasteiger partial charge in [0.2, 0.25) is 11.8 Å². The third-order valence-corrected chi connectivity index (χ3v) is 4.84. The van der Waals surface area contributed by atoms with Crippen LogP contribution in [0.1, 0.15) is 39.0 Å². The van der Waals surface area contributed by atoms with E-state index >= 15 is 0 Å². The van der Waals surface area contributed by atoms with Gasteiger partial charge >= 0.3 is 5.97 Å². The first-order chi connectivity index (χ1) is 13.0. The standard InChI is InChI=1S/C20H29N3O4/c1-2-19(25)23(16-6-4-3-5-7-16)17-9-13-22(14-10-17)15-11-18(24)21-12-8-20(26)27/h3-7,17H,2,8-15H2,1H3,(H,21,24)(H,26,27). The molecule has 1 aromatic rings. The van der Waals surface area contributed by atoms with Gasteiger partial charge in [-0.1, -0.05) is 25.1 Å². The van der Waals surface area contributed by atoms with Gasteiger partial charge in [0, 0.05) is 50.7 Å². The Morgan fingerprint density at radius 1 is 1.15 bits per heavy atom. The van der Waals surface area contributed by atoms with Crippen molar-refractivity contribution in [3.63, 3.8) is 0 Å². The number of amides is 2. The fourth-order valence-corrected chi connectivity index (χ4v) is 3.38. The quantitative estimate of drug-likeness (QED) is 0.688. The summed E-state index contributed by atoms with van der Waals surface area (Å²) in [6.45, 7) is 4.39. The lowest BCUT2D eigenvalue weighted by Crippen LogP contribution is -2.48. The molecule has 0 aliphatic carbocycles. The van der Waals surface area contributed by atoms with Gasteiger partial charge in [0.05, 0.1) is 6.42 Å². The van der Waals surface area contributed by atoms with Gasteiger partial charge in [-0.15, -0.1) is 0 Å². The van der Waals surface area contributed by atoms with Crippen molar-refractivity contribution in [2.45, 2.75) is 45.1 Å². The minimum absolute atomic E-state index is 0.0576. The van der Waals surface area contributed by atoms with Gasteiger partial charge in [0.15, 0.2) is 0 Å². The molecule has 7 nitrogen and oxygen atoms in total. The smallest absolute Gasteiger partial charge is 0.305 e. The number of piperidine rings is 1. The number of hydrogen-bond donors (Lipinski definition) is 2. The van der Waals surface area contributed by atoms with Crippen molar-refractivity contribution in [3.8, 4) is 0 Å². The fourth-order valence-electron chi connectivity index (χ4n) is 3.38. The molecule has 1 aromatic carbocycles. The van der Waals surface area contributed by atoms with E-state index < -0.39 is 5.97 Å². The number of rotatable bonds is 9. The van der Waals surface area contributed by atoms with E-state index in [1.54, 1.807) is 0 Å². The highest BCUT2D eigenvalue weighted by Gasteiger charge is 2.28. The highest BCUT2D eigenvalue weighted by molar-refractivity contribution is 5.93. The Bertz CT molecular complexity index is 627. The average Bonchev–Trinajstić information content (AvgIpc) is 2.68. The van der Waals surface area contributed by atoms with Crippen molar-refractivity contribution in [3.05, 3.63) is 30.3 Å². The second-order valence-electron chi connectivity index (χ2n) is 6.77. The van der Waals surface area contributed by atoms with E-state index in [1.807, 2.05) is 42.2 Å². The zero-order valence-electron chi connectivity index (χ0n) is 15.9. The lowest BCUT2D eigenvalue weighted by Gasteiger charge is -2.38. The number of benzene rings is 1. The maximum atomic E-state index is 12.5. The third-order valence-electron chi connectivity index (χ3n) is 4.84. The summed E-state index contributed by atoms with van der Waals surface area (Å²) in [5, 5.41) is 11.2. The second-order valence-corrected chi connectivity index (χ2v) is 6.77. The van der Waals surface area contributed by atoms with E-state index in [0.717, 1.165) is 31.6 Å². The molecule has 1 aliphatic heterocycles. The molecule has 2 amide bonds. The number of carbonyl (C=O) groups excluding carboxylic acids is 2. The van der Waals surface area contributed by atoms with Crippen LogP contribution in [0.25, 0.3) is 0 Å². The van der Waals surface area contributed by atoms with Crippen molar-refractivity contribution in [1.82, 2.24) is 10.2 Å². The van der Waals surface area contributed by atoms with Gasteiger partial charge in [-0.2, -0.15) is 0 Å². The number of carboxylic acid groups (broad SMARTS) is 1. The van der Waals surface area contributed by atoms with Gasteiger partial charge in [-0.3, -0.25) is 14.4 Å². The van der Waals surface area contributed by atoms with Crippen molar-refractivity contribution in [2.75, 3.05) is 31.1 Å². The molecule has 0 aromatic heterocycles. The van der Waals surface area contributed by atoms with Gasteiger partial charge < -0.3 is 20.2 Å². The van der Waals surface area contributed by atoms with Gasteiger partial charge in [-0.25, -0.2) is 0 Å². The van der Waals surface area contributed by atoms with Crippen LogP contribution in [0.2, 0.25) is 0 Å². The molecule has 2 N–H and O–H groups in total. The molecule has 0 unspecified atom stereocenters. The molecule has 1 fully saturated rings. The molecular weight excluding hydrogens is 346 g/mol. The van der Waals surface area contributed by atoms with Crippen LogP contribution >= 0.6 is 0 Å². The SMILES string of the molecule is CCC(=O)N(c1ccccc1)C1CCN(CCC(=O)NCCC(=O)O)CC1. The summed E-state index contributed by atoms with van der Waals surface area (Å²) in [5.41, 5.74) is 0.945.